The lowest BCUT2D eigenvalue weighted by Crippen LogP contribution is -1.82. The predicted octanol–water partition coefficient (Wildman–Crippen LogP) is 4.01. The van der Waals surface area contributed by atoms with E-state index < -0.39 is 0 Å². The highest BCUT2D eigenvalue weighted by Gasteiger charge is 1.97. The summed E-state index contributed by atoms with van der Waals surface area (Å²) in [6.45, 7) is 2.09. The maximum Gasteiger partial charge on any atom is 0.00863 e. The van der Waals surface area contributed by atoms with Crippen LogP contribution >= 0.6 is 12.2 Å². The molecule has 0 saturated carbocycles. The number of hydrogen-bond acceptors (Lipinski definition) is 1. The molecule has 0 aromatic heterocycles. The van der Waals surface area contributed by atoms with Crippen molar-refractivity contribution < 1.29 is 0 Å². The van der Waals surface area contributed by atoms with Gasteiger partial charge in [-0.3, -0.25) is 0 Å². The Labute approximate surface area is 95.6 Å². The highest BCUT2D eigenvalue weighted by molar-refractivity contribution is 7.79. The molecule has 0 nitrogen and oxygen atoms in total. The first-order valence-corrected chi connectivity index (χ1v) is 5.39. The minimum Gasteiger partial charge on any atom is -0.0881 e. The Bertz CT molecular complexity index is 469. The molecule has 0 N–H and O–H groups in total. The molecule has 0 aliphatic heterocycles. The number of hydrogen-bond donors (Lipinski definition) is 0. The molecule has 0 heterocycles. The van der Waals surface area contributed by atoms with Crippen LogP contribution in [0.5, 0.6) is 0 Å². The molecular formula is C14H12S. The Morgan fingerprint density at radius 1 is 0.933 bits per heavy atom. The fraction of sp³-hybridized carbons (Fsp3) is 0.0714. The van der Waals surface area contributed by atoms with Crippen molar-refractivity contribution in [3.8, 4) is 11.1 Å². The summed E-state index contributed by atoms with van der Waals surface area (Å²) in [5.41, 5.74) is 4.82. The Morgan fingerprint density at radius 3 is 2.33 bits per heavy atom. The zero-order valence-electron chi connectivity index (χ0n) is 8.60. The largest absolute Gasteiger partial charge is 0.0881 e. The average molecular weight is 212 g/mol. The summed E-state index contributed by atoms with van der Waals surface area (Å²) < 4.78 is 0. The lowest BCUT2D eigenvalue weighted by Gasteiger charge is -2.03. The van der Waals surface area contributed by atoms with Crippen LogP contribution in [-0.4, -0.2) is 5.37 Å². The first-order chi connectivity index (χ1) is 7.29. The molecule has 0 fully saturated rings. The molecule has 0 aliphatic carbocycles. The zero-order valence-corrected chi connectivity index (χ0v) is 9.42. The van der Waals surface area contributed by atoms with Crippen LogP contribution in [0.4, 0.5) is 0 Å². The van der Waals surface area contributed by atoms with Gasteiger partial charge in [-0.05, 0) is 29.7 Å². The number of aryl methyl sites for hydroxylation is 1. The van der Waals surface area contributed by atoms with Crippen molar-refractivity contribution in [2.45, 2.75) is 6.92 Å². The molecule has 15 heavy (non-hydrogen) atoms. The molecule has 0 atom stereocenters. The SMILES string of the molecule is Cc1ccc(-c2cccc(C=S)c2)cc1. The first-order valence-electron chi connectivity index (χ1n) is 4.92. The molecule has 0 saturated heterocycles. The van der Waals surface area contributed by atoms with E-state index in [4.69, 9.17) is 12.2 Å². The van der Waals surface area contributed by atoms with Crippen molar-refractivity contribution in [2.75, 3.05) is 0 Å². The van der Waals surface area contributed by atoms with E-state index in [0.717, 1.165) is 5.56 Å². The normalized spacial score (nSPS) is 9.93. The standard InChI is InChI=1S/C14H12S/c1-11-5-7-13(8-6-11)14-4-2-3-12(9-14)10-15/h2-10H,1H3. The van der Waals surface area contributed by atoms with E-state index in [9.17, 15) is 0 Å². The van der Waals surface area contributed by atoms with Gasteiger partial charge in [-0.1, -0.05) is 60.2 Å². The molecule has 1 heteroatoms. The molecule has 0 bridgehead atoms. The quantitative estimate of drug-likeness (QED) is 0.678. The third-order valence-electron chi connectivity index (χ3n) is 2.41. The maximum atomic E-state index is 4.92. The van der Waals surface area contributed by atoms with Crippen LogP contribution < -0.4 is 0 Å². The van der Waals surface area contributed by atoms with Gasteiger partial charge in [0.05, 0.1) is 0 Å². The van der Waals surface area contributed by atoms with Gasteiger partial charge in [0.2, 0.25) is 0 Å². The smallest absolute Gasteiger partial charge is 0.00863 e. The summed E-state index contributed by atoms with van der Waals surface area (Å²) in [6.07, 6.45) is 0. The van der Waals surface area contributed by atoms with Crippen LogP contribution in [0.25, 0.3) is 11.1 Å². The molecular weight excluding hydrogens is 200 g/mol. The van der Waals surface area contributed by atoms with Crippen molar-refractivity contribution in [3.63, 3.8) is 0 Å². The van der Waals surface area contributed by atoms with Crippen molar-refractivity contribution in [1.29, 1.82) is 0 Å². The van der Waals surface area contributed by atoms with Gasteiger partial charge in [0.15, 0.2) is 0 Å². The lowest BCUT2D eigenvalue weighted by molar-refractivity contribution is 1.47. The van der Waals surface area contributed by atoms with Crippen molar-refractivity contribution in [3.05, 3.63) is 59.7 Å². The van der Waals surface area contributed by atoms with Gasteiger partial charge in [0.1, 0.15) is 0 Å². The molecule has 2 rings (SSSR count). The van der Waals surface area contributed by atoms with Crippen molar-refractivity contribution in [2.24, 2.45) is 0 Å². The van der Waals surface area contributed by atoms with E-state index in [2.05, 4.69) is 43.3 Å². The second kappa shape index (κ2) is 4.37. The third kappa shape index (κ3) is 2.31. The topological polar surface area (TPSA) is 0 Å². The number of thiocarbonyl (C=S) groups is 1. The van der Waals surface area contributed by atoms with Gasteiger partial charge in [-0.15, -0.1) is 0 Å². The molecule has 2 aromatic rings. The molecule has 74 valence electrons. The van der Waals surface area contributed by atoms with E-state index in [1.807, 2.05) is 12.1 Å². The van der Waals surface area contributed by atoms with Gasteiger partial charge < -0.3 is 0 Å². The van der Waals surface area contributed by atoms with Crippen molar-refractivity contribution in [1.82, 2.24) is 0 Å². The van der Waals surface area contributed by atoms with Crippen LogP contribution in [-0.2, 0) is 0 Å². The third-order valence-corrected chi connectivity index (χ3v) is 2.68. The fourth-order valence-corrected chi connectivity index (χ4v) is 1.68. The van der Waals surface area contributed by atoms with Gasteiger partial charge in [0, 0.05) is 5.37 Å². The second-order valence-corrected chi connectivity index (χ2v) is 3.85. The highest BCUT2D eigenvalue weighted by Crippen LogP contribution is 2.20. The predicted molar refractivity (Wildman–Crippen MR) is 69.4 cm³/mol. The van der Waals surface area contributed by atoms with E-state index >= 15 is 0 Å². The summed E-state index contributed by atoms with van der Waals surface area (Å²) in [6, 6.07) is 16.8. The highest BCUT2D eigenvalue weighted by atomic mass is 32.1. The van der Waals surface area contributed by atoms with E-state index in [-0.39, 0.29) is 0 Å². The molecule has 0 aliphatic rings. The summed E-state index contributed by atoms with van der Waals surface area (Å²) in [7, 11) is 0. The number of rotatable bonds is 2. The van der Waals surface area contributed by atoms with Crippen LogP contribution in [0.2, 0.25) is 0 Å². The monoisotopic (exact) mass is 212 g/mol. The van der Waals surface area contributed by atoms with Crippen LogP contribution in [0, 0.1) is 6.92 Å². The van der Waals surface area contributed by atoms with E-state index in [1.165, 1.54) is 16.7 Å². The summed E-state index contributed by atoms with van der Waals surface area (Å²) in [5, 5.41) is 1.71. The Hall–Kier alpha value is -1.47. The average Bonchev–Trinajstić information content (AvgIpc) is 2.30. The second-order valence-electron chi connectivity index (χ2n) is 3.61. The lowest BCUT2D eigenvalue weighted by atomic mass is 10.0. The molecule has 0 radical (unpaired) electrons. The minimum atomic E-state index is 1.09. The summed E-state index contributed by atoms with van der Waals surface area (Å²) >= 11 is 4.92. The fourth-order valence-electron chi connectivity index (χ4n) is 1.54. The molecule has 2 aromatic carbocycles. The van der Waals surface area contributed by atoms with E-state index in [1.54, 1.807) is 5.37 Å². The Balaban J connectivity index is 2.44. The first kappa shape index (κ1) is 10.1. The molecule has 0 amide bonds. The molecule has 0 spiro atoms. The van der Waals surface area contributed by atoms with Crippen LogP contribution in [0.1, 0.15) is 11.1 Å². The Morgan fingerprint density at radius 2 is 1.67 bits per heavy atom. The van der Waals surface area contributed by atoms with Gasteiger partial charge in [-0.2, -0.15) is 0 Å². The minimum absolute atomic E-state index is 1.09. The summed E-state index contributed by atoms with van der Waals surface area (Å²) in [4.78, 5) is 0. The van der Waals surface area contributed by atoms with Gasteiger partial charge >= 0.3 is 0 Å². The Kier molecular flexibility index (Phi) is 2.93. The summed E-state index contributed by atoms with van der Waals surface area (Å²) in [5.74, 6) is 0. The van der Waals surface area contributed by atoms with Crippen molar-refractivity contribution >= 4 is 17.6 Å². The number of benzene rings is 2. The maximum absolute atomic E-state index is 4.92. The molecule has 0 unspecified atom stereocenters. The zero-order chi connectivity index (χ0) is 10.7. The van der Waals surface area contributed by atoms with Gasteiger partial charge in [0.25, 0.3) is 0 Å². The van der Waals surface area contributed by atoms with E-state index in [0.29, 0.717) is 0 Å². The van der Waals surface area contributed by atoms with Gasteiger partial charge in [-0.25, -0.2) is 0 Å². The van der Waals surface area contributed by atoms with Crippen LogP contribution in [0.15, 0.2) is 48.5 Å². The van der Waals surface area contributed by atoms with Crippen LogP contribution in [0.3, 0.4) is 0 Å².